The van der Waals surface area contributed by atoms with Gasteiger partial charge in [-0.25, -0.2) is 0 Å². The first-order valence-electron chi connectivity index (χ1n) is 14.1. The minimum atomic E-state index is -2.04. The van der Waals surface area contributed by atoms with Crippen molar-refractivity contribution in [2.45, 2.75) is 102 Å². The quantitative estimate of drug-likeness (QED) is 0.0951. The van der Waals surface area contributed by atoms with Gasteiger partial charge in [0.1, 0.15) is 6.10 Å². The summed E-state index contributed by atoms with van der Waals surface area (Å²) in [5, 5.41) is 30.0. The van der Waals surface area contributed by atoms with E-state index in [1.165, 1.54) is 31.7 Å². The van der Waals surface area contributed by atoms with Crippen LogP contribution in [0.4, 0.5) is 0 Å². The highest BCUT2D eigenvalue weighted by molar-refractivity contribution is 8.04. The van der Waals surface area contributed by atoms with E-state index in [0.29, 0.717) is 23.7 Å². The summed E-state index contributed by atoms with van der Waals surface area (Å²) in [5.74, 6) is 4.70. The third-order valence-electron chi connectivity index (χ3n) is 8.07. The van der Waals surface area contributed by atoms with E-state index in [9.17, 15) is 24.9 Å². The molecule has 7 nitrogen and oxygen atoms in total. The van der Waals surface area contributed by atoms with Crippen molar-refractivity contribution < 1.29 is 34.1 Å². The lowest BCUT2D eigenvalue weighted by atomic mass is 9.88. The Morgan fingerprint density at radius 3 is 2.51 bits per heavy atom. The van der Waals surface area contributed by atoms with Crippen LogP contribution in [0.1, 0.15) is 65.7 Å². The monoisotopic (exact) mass is 580 g/mol. The maximum Gasteiger partial charge on any atom is 0.305 e. The molecule has 220 valence electrons. The van der Waals surface area contributed by atoms with Gasteiger partial charge in [0.15, 0.2) is 14.1 Å². The van der Waals surface area contributed by atoms with E-state index in [0.717, 1.165) is 12.8 Å². The summed E-state index contributed by atoms with van der Waals surface area (Å²) in [5.41, 5.74) is 0. The molecule has 0 aromatic carbocycles. The minimum absolute atomic E-state index is 0.0491. The fraction of sp³-hybridized carbons (Fsp3) is 0.733. The van der Waals surface area contributed by atoms with Gasteiger partial charge >= 0.3 is 5.97 Å². The van der Waals surface area contributed by atoms with Crippen LogP contribution in [0.2, 0.25) is 18.1 Å². The van der Waals surface area contributed by atoms with Crippen LogP contribution in [0, 0.1) is 29.6 Å². The molecule has 0 heterocycles. The number of aliphatic hydroxyl groups is 3. The number of aliphatic hydroxyl groups excluding tert-OH is 3. The third kappa shape index (κ3) is 10.2. The highest BCUT2D eigenvalue weighted by Crippen LogP contribution is 2.41. The van der Waals surface area contributed by atoms with Gasteiger partial charge in [0.05, 0.1) is 31.8 Å². The highest BCUT2D eigenvalue weighted by atomic mass is 32.2. The number of hydrogen-bond acceptors (Lipinski definition) is 8. The molecular formula is C30H48O7SSi. The lowest BCUT2D eigenvalue weighted by Gasteiger charge is -2.40. The van der Waals surface area contributed by atoms with Crippen molar-refractivity contribution in [1.82, 2.24) is 0 Å². The molecule has 0 aromatic rings. The van der Waals surface area contributed by atoms with Crippen LogP contribution in [0.5, 0.6) is 0 Å². The predicted molar refractivity (Wildman–Crippen MR) is 158 cm³/mol. The number of Topliss-reactive ketones (excluding diaryl/α,β-unsaturated/α-hetero) is 1. The summed E-state index contributed by atoms with van der Waals surface area (Å²) in [7, 11) is -0.697. The summed E-state index contributed by atoms with van der Waals surface area (Å²) in [4.78, 5) is 25.1. The number of rotatable bonds is 13. The molecule has 9 heteroatoms. The fourth-order valence-electron chi connectivity index (χ4n) is 4.61. The summed E-state index contributed by atoms with van der Waals surface area (Å²) >= 11 is 1.19. The third-order valence-corrected chi connectivity index (χ3v) is 13.7. The normalized spacial score (nSPS) is 22.9. The first-order valence-corrected chi connectivity index (χ1v) is 18.0. The number of esters is 1. The standard InChI is InChI=1S/C30H48O7SSi/c1-30(2,3)39(5,6)37-25(21-12-10-11-13-21)17-16-22-18-26(38-20-23(32)19-31)29(35)28(22)24(33)14-8-7-9-15-27(34)36-4/h16-18,21-25,28,31-33H,7,9-13,15,19-20H2,1-6H3. The molecule has 0 aliphatic heterocycles. The van der Waals surface area contributed by atoms with E-state index < -0.39 is 26.4 Å². The molecule has 2 rings (SSSR count). The van der Waals surface area contributed by atoms with Crippen molar-refractivity contribution in [3.63, 3.8) is 0 Å². The Kier molecular flexibility index (Phi) is 13.5. The molecule has 2 aliphatic rings. The van der Waals surface area contributed by atoms with Crippen LogP contribution in [0.25, 0.3) is 0 Å². The highest BCUT2D eigenvalue weighted by Gasteiger charge is 2.42. The lowest BCUT2D eigenvalue weighted by Crippen LogP contribution is -2.45. The molecule has 5 unspecified atom stereocenters. The summed E-state index contributed by atoms with van der Waals surface area (Å²) in [6, 6.07) is 0. The number of allylic oxidation sites excluding steroid dienone is 3. The summed E-state index contributed by atoms with van der Waals surface area (Å²) in [6.45, 7) is 10.8. The van der Waals surface area contributed by atoms with Gasteiger partial charge in [-0.3, -0.25) is 9.59 Å². The largest absolute Gasteiger partial charge is 0.469 e. The molecule has 1 fully saturated rings. The number of thioether (sulfide) groups is 1. The van der Waals surface area contributed by atoms with Crippen molar-refractivity contribution in [2.24, 2.45) is 17.8 Å². The molecule has 0 amide bonds. The van der Waals surface area contributed by atoms with E-state index in [1.807, 2.05) is 12.2 Å². The molecule has 5 atom stereocenters. The van der Waals surface area contributed by atoms with E-state index in [-0.39, 0.29) is 47.6 Å². The zero-order chi connectivity index (χ0) is 29.2. The van der Waals surface area contributed by atoms with Crippen LogP contribution < -0.4 is 0 Å². The SMILES string of the molecule is COC(=O)CCCC#CC(O)C1C(=O)C(SCC(O)CO)=CC1C=CC(O[Si](C)(C)C(C)(C)C)C1CCCC1. The van der Waals surface area contributed by atoms with Crippen LogP contribution >= 0.6 is 11.8 Å². The zero-order valence-corrected chi connectivity index (χ0v) is 26.3. The smallest absolute Gasteiger partial charge is 0.305 e. The Balaban J connectivity index is 2.27. The maximum atomic E-state index is 13.4. The number of ether oxygens (including phenoxy) is 1. The van der Waals surface area contributed by atoms with Crippen molar-refractivity contribution in [3.8, 4) is 11.8 Å². The second-order valence-electron chi connectivity index (χ2n) is 12.1. The van der Waals surface area contributed by atoms with Crippen LogP contribution in [-0.2, 0) is 18.8 Å². The molecule has 1 saturated carbocycles. The number of carbonyl (C=O) groups excluding carboxylic acids is 2. The average molecular weight is 581 g/mol. The van der Waals surface area contributed by atoms with Crippen molar-refractivity contribution in [2.75, 3.05) is 19.5 Å². The van der Waals surface area contributed by atoms with Crippen LogP contribution in [-0.4, -0.2) is 73.2 Å². The molecule has 0 saturated heterocycles. The molecule has 0 radical (unpaired) electrons. The van der Waals surface area contributed by atoms with Gasteiger partial charge < -0.3 is 24.5 Å². The van der Waals surface area contributed by atoms with Gasteiger partial charge in [0.2, 0.25) is 0 Å². The fourth-order valence-corrected chi connectivity index (χ4v) is 6.92. The van der Waals surface area contributed by atoms with Gasteiger partial charge in [-0.15, -0.1) is 17.7 Å². The maximum absolute atomic E-state index is 13.4. The van der Waals surface area contributed by atoms with E-state index in [1.54, 1.807) is 0 Å². The number of ketones is 1. The molecular weight excluding hydrogens is 532 g/mol. The van der Waals surface area contributed by atoms with E-state index >= 15 is 0 Å². The lowest BCUT2D eigenvalue weighted by molar-refractivity contribution is -0.140. The first kappa shape index (κ1) is 33.8. The Morgan fingerprint density at radius 2 is 1.92 bits per heavy atom. The molecule has 39 heavy (non-hydrogen) atoms. The second kappa shape index (κ2) is 15.5. The van der Waals surface area contributed by atoms with Crippen molar-refractivity contribution in [3.05, 3.63) is 23.1 Å². The van der Waals surface area contributed by atoms with Gasteiger partial charge in [0, 0.05) is 29.4 Å². The molecule has 0 spiro atoms. The van der Waals surface area contributed by atoms with Gasteiger partial charge in [-0.1, -0.05) is 57.8 Å². The minimum Gasteiger partial charge on any atom is -0.469 e. The summed E-state index contributed by atoms with van der Waals surface area (Å²) in [6.07, 6.45) is 9.59. The number of unbranched alkanes of at least 4 members (excludes halogenated alkanes) is 1. The van der Waals surface area contributed by atoms with Crippen molar-refractivity contribution in [1.29, 1.82) is 0 Å². The Bertz CT molecular complexity index is 937. The van der Waals surface area contributed by atoms with E-state index in [4.69, 9.17) is 4.43 Å². The van der Waals surface area contributed by atoms with Gasteiger partial charge in [0.25, 0.3) is 0 Å². The predicted octanol–water partition coefficient (Wildman–Crippen LogP) is 4.62. The Labute approximate surface area is 239 Å². The zero-order valence-electron chi connectivity index (χ0n) is 24.4. The van der Waals surface area contributed by atoms with Crippen LogP contribution in [0.3, 0.4) is 0 Å². The van der Waals surface area contributed by atoms with Gasteiger partial charge in [-0.05, 0) is 43.3 Å². The first-order chi connectivity index (χ1) is 18.3. The average Bonchev–Trinajstić information content (AvgIpc) is 3.52. The molecule has 2 aliphatic carbocycles. The van der Waals surface area contributed by atoms with E-state index in [2.05, 4.69) is 56.5 Å². The van der Waals surface area contributed by atoms with Crippen LogP contribution in [0.15, 0.2) is 23.1 Å². The number of carbonyl (C=O) groups is 2. The molecule has 3 N–H and O–H groups in total. The second-order valence-corrected chi connectivity index (χ2v) is 17.9. The molecule has 0 aromatic heterocycles. The Morgan fingerprint density at radius 1 is 1.26 bits per heavy atom. The summed E-state index contributed by atoms with van der Waals surface area (Å²) < 4.78 is 11.5. The topological polar surface area (TPSA) is 113 Å². The number of methoxy groups -OCH3 is 1. The van der Waals surface area contributed by atoms with Gasteiger partial charge in [-0.2, -0.15) is 0 Å². The van der Waals surface area contributed by atoms with Crippen molar-refractivity contribution >= 4 is 31.8 Å². The molecule has 0 bridgehead atoms. The number of hydrogen-bond donors (Lipinski definition) is 3. The Hall–Kier alpha value is -1.41.